The fraction of sp³-hybridized carbons (Fsp3) is 0.333. The zero-order chi connectivity index (χ0) is 9.68. The van der Waals surface area contributed by atoms with Crippen molar-refractivity contribution in [3.8, 4) is 0 Å². The van der Waals surface area contributed by atoms with E-state index in [0.29, 0.717) is 0 Å². The molecule has 0 heterocycles. The van der Waals surface area contributed by atoms with Crippen molar-refractivity contribution in [3.05, 3.63) is 42.0 Å². The molecule has 0 fully saturated rings. The van der Waals surface area contributed by atoms with E-state index in [1.165, 1.54) is 0 Å². The molecule has 1 rings (SSSR count). The number of hydrogen-bond acceptors (Lipinski definition) is 1. The highest BCUT2D eigenvalue weighted by Gasteiger charge is 2.02. The summed E-state index contributed by atoms with van der Waals surface area (Å²) in [7, 11) is 0. The minimum Gasteiger partial charge on any atom is -0.389 e. The van der Waals surface area contributed by atoms with Gasteiger partial charge in [-0.3, -0.25) is 0 Å². The normalized spacial score (nSPS) is 13.8. The molecular weight excluding hydrogens is 160 g/mol. The predicted molar refractivity (Wildman–Crippen MR) is 56.3 cm³/mol. The van der Waals surface area contributed by atoms with E-state index in [1.54, 1.807) is 0 Å². The van der Waals surface area contributed by atoms with Crippen molar-refractivity contribution in [3.63, 3.8) is 0 Å². The maximum atomic E-state index is 9.50. The van der Waals surface area contributed by atoms with Crippen molar-refractivity contribution in [2.45, 2.75) is 20.0 Å². The van der Waals surface area contributed by atoms with E-state index in [-0.39, 0.29) is 12.0 Å². The molecular formula is C12H16O. The van der Waals surface area contributed by atoms with E-state index < -0.39 is 0 Å². The first-order valence-corrected chi connectivity index (χ1v) is 4.61. The van der Waals surface area contributed by atoms with Crippen LogP contribution in [0.15, 0.2) is 36.4 Å². The zero-order valence-corrected chi connectivity index (χ0v) is 8.14. The summed E-state index contributed by atoms with van der Waals surface area (Å²) in [5.74, 6) is 0.278. The Balaban J connectivity index is 2.59. The second-order valence-corrected chi connectivity index (χ2v) is 3.50. The average molecular weight is 176 g/mol. The van der Waals surface area contributed by atoms with E-state index in [4.69, 9.17) is 0 Å². The number of aliphatic hydroxyl groups is 1. The molecule has 0 aromatic heterocycles. The largest absolute Gasteiger partial charge is 0.389 e. The Morgan fingerprint density at radius 3 is 2.31 bits per heavy atom. The lowest BCUT2D eigenvalue weighted by molar-refractivity contribution is 0.173. The van der Waals surface area contributed by atoms with E-state index in [2.05, 4.69) is 0 Å². The van der Waals surface area contributed by atoms with Gasteiger partial charge in [0, 0.05) is 0 Å². The highest BCUT2D eigenvalue weighted by Crippen LogP contribution is 2.06. The molecule has 1 aromatic carbocycles. The van der Waals surface area contributed by atoms with E-state index in [9.17, 15) is 5.11 Å². The molecule has 0 unspecified atom stereocenters. The second kappa shape index (κ2) is 4.83. The molecule has 1 nitrogen and oxygen atoms in total. The Morgan fingerprint density at radius 2 is 1.77 bits per heavy atom. The molecule has 1 N–H and O–H groups in total. The molecule has 0 radical (unpaired) electrons. The minimum atomic E-state index is -0.347. The molecule has 0 aliphatic carbocycles. The van der Waals surface area contributed by atoms with Gasteiger partial charge in [0.25, 0.3) is 0 Å². The summed E-state index contributed by atoms with van der Waals surface area (Å²) in [6, 6.07) is 9.99. The molecule has 1 atom stereocenters. The molecule has 70 valence electrons. The molecule has 0 aliphatic rings. The Morgan fingerprint density at radius 1 is 1.15 bits per heavy atom. The summed E-state index contributed by atoms with van der Waals surface area (Å²) in [6.07, 6.45) is 3.44. The van der Waals surface area contributed by atoms with Crippen molar-refractivity contribution in [2.24, 2.45) is 5.92 Å². The van der Waals surface area contributed by atoms with Gasteiger partial charge in [-0.25, -0.2) is 0 Å². The molecule has 13 heavy (non-hydrogen) atoms. The fourth-order valence-electron chi connectivity index (χ4n) is 0.996. The van der Waals surface area contributed by atoms with Crippen LogP contribution in [0.5, 0.6) is 0 Å². The van der Waals surface area contributed by atoms with Crippen molar-refractivity contribution < 1.29 is 5.11 Å². The second-order valence-electron chi connectivity index (χ2n) is 3.50. The van der Waals surface area contributed by atoms with Gasteiger partial charge in [-0.05, 0) is 11.5 Å². The van der Waals surface area contributed by atoms with Gasteiger partial charge in [-0.15, -0.1) is 0 Å². The summed E-state index contributed by atoms with van der Waals surface area (Å²) < 4.78 is 0. The van der Waals surface area contributed by atoms with Gasteiger partial charge in [-0.2, -0.15) is 0 Å². The third kappa shape index (κ3) is 3.43. The van der Waals surface area contributed by atoms with E-state index in [1.807, 2.05) is 56.3 Å². The highest BCUT2D eigenvalue weighted by molar-refractivity contribution is 5.49. The Kier molecular flexibility index (Phi) is 3.71. The van der Waals surface area contributed by atoms with Crippen molar-refractivity contribution in [1.82, 2.24) is 0 Å². The molecule has 0 spiro atoms. The summed E-state index contributed by atoms with van der Waals surface area (Å²) >= 11 is 0. The summed E-state index contributed by atoms with van der Waals surface area (Å²) in [5.41, 5.74) is 1.13. The van der Waals surface area contributed by atoms with E-state index in [0.717, 1.165) is 5.56 Å². The van der Waals surface area contributed by atoms with Gasteiger partial charge in [-0.1, -0.05) is 56.3 Å². The van der Waals surface area contributed by atoms with Crippen molar-refractivity contribution in [1.29, 1.82) is 0 Å². The fourth-order valence-corrected chi connectivity index (χ4v) is 0.996. The highest BCUT2D eigenvalue weighted by atomic mass is 16.3. The third-order valence-corrected chi connectivity index (χ3v) is 1.97. The van der Waals surface area contributed by atoms with Gasteiger partial charge in [0.1, 0.15) is 0 Å². The minimum absolute atomic E-state index is 0.278. The summed E-state index contributed by atoms with van der Waals surface area (Å²) in [4.78, 5) is 0. The zero-order valence-electron chi connectivity index (χ0n) is 8.14. The lowest BCUT2D eigenvalue weighted by Crippen LogP contribution is -2.10. The lowest BCUT2D eigenvalue weighted by atomic mass is 10.1. The third-order valence-electron chi connectivity index (χ3n) is 1.97. The molecule has 0 saturated heterocycles. The van der Waals surface area contributed by atoms with Crippen LogP contribution in [-0.2, 0) is 0 Å². The average Bonchev–Trinajstić information content (AvgIpc) is 2.15. The van der Waals surface area contributed by atoms with Gasteiger partial charge < -0.3 is 5.11 Å². The van der Waals surface area contributed by atoms with Crippen LogP contribution in [-0.4, -0.2) is 11.2 Å². The maximum absolute atomic E-state index is 9.50. The lowest BCUT2D eigenvalue weighted by Gasteiger charge is -2.08. The standard InChI is InChI=1S/C12H16O/c1-10(2)12(13)9-8-11-6-4-3-5-7-11/h3-10,12-13H,1-2H3/b9-8+/t12-/m1/s1. The maximum Gasteiger partial charge on any atom is 0.0747 e. The number of rotatable bonds is 3. The van der Waals surface area contributed by atoms with Gasteiger partial charge in [0.2, 0.25) is 0 Å². The first-order valence-electron chi connectivity index (χ1n) is 4.61. The Labute approximate surface area is 79.7 Å². The van der Waals surface area contributed by atoms with Gasteiger partial charge in [0.05, 0.1) is 6.10 Å². The smallest absolute Gasteiger partial charge is 0.0747 e. The van der Waals surface area contributed by atoms with Crippen LogP contribution in [0.2, 0.25) is 0 Å². The van der Waals surface area contributed by atoms with Crippen LogP contribution in [0.4, 0.5) is 0 Å². The van der Waals surface area contributed by atoms with Crippen LogP contribution in [0.25, 0.3) is 6.08 Å². The van der Waals surface area contributed by atoms with Crippen LogP contribution in [0, 0.1) is 5.92 Å². The van der Waals surface area contributed by atoms with Gasteiger partial charge in [0.15, 0.2) is 0 Å². The topological polar surface area (TPSA) is 20.2 Å². The molecule has 1 aromatic rings. The quantitative estimate of drug-likeness (QED) is 0.750. The molecule has 0 bridgehead atoms. The summed E-state index contributed by atoms with van der Waals surface area (Å²) in [6.45, 7) is 4.00. The van der Waals surface area contributed by atoms with Crippen molar-refractivity contribution in [2.75, 3.05) is 0 Å². The molecule has 0 aliphatic heterocycles. The number of hydrogen-bond donors (Lipinski definition) is 1. The van der Waals surface area contributed by atoms with Crippen LogP contribution < -0.4 is 0 Å². The SMILES string of the molecule is CC(C)[C@H](O)/C=C/c1ccccc1. The van der Waals surface area contributed by atoms with Crippen LogP contribution in [0.1, 0.15) is 19.4 Å². The van der Waals surface area contributed by atoms with Crippen LogP contribution >= 0.6 is 0 Å². The first-order chi connectivity index (χ1) is 6.20. The van der Waals surface area contributed by atoms with E-state index >= 15 is 0 Å². The van der Waals surface area contributed by atoms with Crippen LogP contribution in [0.3, 0.4) is 0 Å². The Hall–Kier alpha value is -1.08. The summed E-state index contributed by atoms with van der Waals surface area (Å²) in [5, 5.41) is 9.50. The predicted octanol–water partition coefficient (Wildman–Crippen LogP) is 2.72. The van der Waals surface area contributed by atoms with Crippen molar-refractivity contribution >= 4 is 6.08 Å². The first kappa shape index (κ1) is 10.0. The monoisotopic (exact) mass is 176 g/mol. The Bertz CT molecular complexity index is 262. The number of aliphatic hydroxyl groups excluding tert-OH is 1. The molecule has 0 saturated carbocycles. The molecule has 1 heteroatoms. The molecule has 0 amide bonds. The number of benzene rings is 1. The van der Waals surface area contributed by atoms with Gasteiger partial charge >= 0.3 is 0 Å².